The lowest BCUT2D eigenvalue weighted by Gasteiger charge is -2.23. The summed E-state index contributed by atoms with van der Waals surface area (Å²) in [6, 6.07) is 16.4. The van der Waals surface area contributed by atoms with Crippen molar-refractivity contribution in [3.05, 3.63) is 90.1 Å². The van der Waals surface area contributed by atoms with E-state index in [0.717, 1.165) is 5.56 Å². The van der Waals surface area contributed by atoms with Crippen LogP contribution in [0.5, 0.6) is 17.2 Å². The lowest BCUT2D eigenvalue weighted by molar-refractivity contribution is -0.138. The van der Waals surface area contributed by atoms with E-state index in [1.165, 1.54) is 31.5 Å². The van der Waals surface area contributed by atoms with E-state index in [1.54, 1.807) is 61.5 Å². The minimum atomic E-state index is -3.81. The number of aromatic nitrogens is 1. The number of ether oxygens (including phenoxy) is 4. The van der Waals surface area contributed by atoms with Crippen molar-refractivity contribution in [2.75, 3.05) is 33.3 Å². The quantitative estimate of drug-likeness (QED) is 0.189. The summed E-state index contributed by atoms with van der Waals surface area (Å²) in [5.74, 6) is 0.721. The molecule has 0 aliphatic heterocycles. The van der Waals surface area contributed by atoms with Gasteiger partial charge in [0.2, 0.25) is 5.75 Å². The van der Waals surface area contributed by atoms with E-state index in [0.29, 0.717) is 39.4 Å². The Hall–Kier alpha value is -4.44. The number of anilines is 1. The molecule has 1 heterocycles. The van der Waals surface area contributed by atoms with Gasteiger partial charge in [0.1, 0.15) is 0 Å². The number of nitrogens with zero attached hydrogens (tertiary/aromatic N) is 1. The van der Waals surface area contributed by atoms with Crippen LogP contribution in [-0.2, 0) is 19.6 Å². The van der Waals surface area contributed by atoms with Gasteiger partial charge in [0.05, 0.1) is 50.0 Å². The molecule has 9 nitrogen and oxygen atoms in total. The zero-order valence-corrected chi connectivity index (χ0v) is 23.9. The molecule has 10 heteroatoms. The zero-order valence-electron chi connectivity index (χ0n) is 23.1. The van der Waals surface area contributed by atoms with E-state index in [2.05, 4.69) is 11.9 Å². The van der Waals surface area contributed by atoms with Gasteiger partial charge >= 0.3 is 5.97 Å². The lowest BCUT2D eigenvalue weighted by Crippen LogP contribution is -2.20. The number of fused-ring (bicyclic) bond motifs is 1. The molecule has 0 saturated carbocycles. The van der Waals surface area contributed by atoms with Crippen molar-refractivity contribution in [2.45, 2.75) is 24.8 Å². The lowest BCUT2D eigenvalue weighted by atomic mass is 9.98. The first-order chi connectivity index (χ1) is 19.1. The first kappa shape index (κ1) is 28.6. The van der Waals surface area contributed by atoms with Crippen molar-refractivity contribution in [1.82, 2.24) is 3.97 Å². The molecule has 0 amide bonds. The van der Waals surface area contributed by atoms with Gasteiger partial charge in [-0.2, -0.15) is 0 Å². The molecule has 0 radical (unpaired) electrons. The smallest absolute Gasteiger partial charge is 0.335 e. The standard InChI is InChI=1S/C30H32N2O7S/c1-7-39-30(33)20(3)28(31-23-17-26(36-4)29(38-6)27(18-23)37-5)22-10-13-25-21(16-22)14-15-32(25)40(34,35)24-11-8-19(2)9-12-24/h8-18,28,31H,3,7H2,1-2,4-6H3/t28-/m1/s1. The summed E-state index contributed by atoms with van der Waals surface area (Å²) >= 11 is 0. The highest BCUT2D eigenvalue weighted by molar-refractivity contribution is 7.90. The van der Waals surface area contributed by atoms with Crippen LogP contribution in [0.1, 0.15) is 24.1 Å². The number of hydrogen-bond acceptors (Lipinski definition) is 8. The molecule has 40 heavy (non-hydrogen) atoms. The first-order valence-electron chi connectivity index (χ1n) is 12.5. The number of carbonyl (C=O) groups excluding carboxylic acids is 1. The maximum Gasteiger partial charge on any atom is 0.335 e. The Morgan fingerprint density at radius 2 is 1.60 bits per heavy atom. The Morgan fingerprint density at radius 1 is 0.950 bits per heavy atom. The molecule has 0 bridgehead atoms. The third-order valence-corrected chi connectivity index (χ3v) is 8.16. The van der Waals surface area contributed by atoms with Crippen molar-refractivity contribution in [3.8, 4) is 17.2 Å². The Balaban J connectivity index is 1.78. The summed E-state index contributed by atoms with van der Waals surface area (Å²) in [6.07, 6.45) is 1.52. The molecule has 1 aromatic heterocycles. The highest BCUT2D eigenvalue weighted by Gasteiger charge is 2.25. The fraction of sp³-hybridized carbons (Fsp3) is 0.233. The van der Waals surface area contributed by atoms with E-state index < -0.39 is 22.0 Å². The number of esters is 1. The van der Waals surface area contributed by atoms with Crippen LogP contribution in [0.3, 0.4) is 0 Å². The van der Waals surface area contributed by atoms with Gasteiger partial charge in [-0.1, -0.05) is 30.3 Å². The van der Waals surface area contributed by atoms with Crippen molar-refractivity contribution in [3.63, 3.8) is 0 Å². The van der Waals surface area contributed by atoms with E-state index in [-0.39, 0.29) is 17.1 Å². The van der Waals surface area contributed by atoms with E-state index in [4.69, 9.17) is 18.9 Å². The van der Waals surface area contributed by atoms with Gasteiger partial charge in [0, 0.05) is 29.4 Å². The number of carbonyl (C=O) groups is 1. The Labute approximate surface area is 234 Å². The number of methoxy groups -OCH3 is 3. The summed E-state index contributed by atoms with van der Waals surface area (Å²) in [4.78, 5) is 13.0. The molecule has 0 unspecified atom stereocenters. The van der Waals surface area contributed by atoms with E-state index in [9.17, 15) is 13.2 Å². The molecule has 0 saturated heterocycles. The predicted molar refractivity (Wildman–Crippen MR) is 154 cm³/mol. The van der Waals surface area contributed by atoms with Crippen LogP contribution in [0.25, 0.3) is 10.9 Å². The monoisotopic (exact) mass is 564 g/mol. The van der Waals surface area contributed by atoms with Crippen molar-refractivity contribution >= 4 is 32.6 Å². The molecule has 210 valence electrons. The average molecular weight is 565 g/mol. The number of nitrogens with one attached hydrogen (secondary N) is 1. The Kier molecular flexibility index (Phi) is 8.39. The Bertz CT molecular complexity index is 1630. The molecule has 0 fully saturated rings. The van der Waals surface area contributed by atoms with E-state index in [1.807, 2.05) is 13.0 Å². The molecular formula is C30H32N2O7S. The summed E-state index contributed by atoms with van der Waals surface area (Å²) in [7, 11) is 0.730. The summed E-state index contributed by atoms with van der Waals surface area (Å²) in [5, 5.41) is 4.00. The Morgan fingerprint density at radius 3 is 2.17 bits per heavy atom. The topological polar surface area (TPSA) is 105 Å². The fourth-order valence-electron chi connectivity index (χ4n) is 4.39. The third-order valence-electron chi connectivity index (χ3n) is 6.45. The highest BCUT2D eigenvalue weighted by atomic mass is 32.2. The second-order valence-corrected chi connectivity index (χ2v) is 10.8. The van der Waals surface area contributed by atoms with Gasteiger partial charge < -0.3 is 24.3 Å². The van der Waals surface area contributed by atoms with Crippen molar-refractivity contribution < 1.29 is 32.2 Å². The molecule has 1 atom stereocenters. The maximum atomic E-state index is 13.4. The van der Waals surface area contributed by atoms with Crippen LogP contribution >= 0.6 is 0 Å². The highest BCUT2D eigenvalue weighted by Crippen LogP contribution is 2.41. The number of rotatable bonds is 11. The average Bonchev–Trinajstić information content (AvgIpc) is 3.39. The van der Waals surface area contributed by atoms with Crippen LogP contribution in [0.2, 0.25) is 0 Å². The van der Waals surface area contributed by atoms with Crippen LogP contribution < -0.4 is 19.5 Å². The molecule has 0 spiro atoms. The van der Waals surface area contributed by atoms with Crippen molar-refractivity contribution in [1.29, 1.82) is 0 Å². The normalized spacial score (nSPS) is 12.0. The van der Waals surface area contributed by atoms with Gasteiger partial charge in [-0.3, -0.25) is 0 Å². The van der Waals surface area contributed by atoms with Gasteiger partial charge in [0.15, 0.2) is 11.5 Å². The fourth-order valence-corrected chi connectivity index (χ4v) is 5.75. The van der Waals surface area contributed by atoms with Crippen LogP contribution in [0.4, 0.5) is 5.69 Å². The second kappa shape index (κ2) is 11.7. The van der Waals surface area contributed by atoms with Gasteiger partial charge in [-0.05, 0) is 49.7 Å². The van der Waals surface area contributed by atoms with Crippen molar-refractivity contribution in [2.24, 2.45) is 0 Å². The molecule has 3 aromatic carbocycles. The van der Waals surface area contributed by atoms with Crippen LogP contribution in [0.15, 0.2) is 83.9 Å². The number of hydrogen-bond donors (Lipinski definition) is 1. The molecule has 4 aromatic rings. The zero-order chi connectivity index (χ0) is 29.0. The minimum Gasteiger partial charge on any atom is -0.493 e. The largest absolute Gasteiger partial charge is 0.493 e. The molecule has 0 aliphatic carbocycles. The molecular weight excluding hydrogens is 532 g/mol. The molecule has 1 N–H and O–H groups in total. The maximum absolute atomic E-state index is 13.4. The number of benzene rings is 3. The molecule has 4 rings (SSSR count). The first-order valence-corrected chi connectivity index (χ1v) is 13.9. The third kappa shape index (κ3) is 5.48. The molecule has 0 aliphatic rings. The second-order valence-electron chi connectivity index (χ2n) is 8.98. The summed E-state index contributed by atoms with van der Waals surface area (Å²) in [6.45, 7) is 7.82. The van der Waals surface area contributed by atoms with Gasteiger partial charge in [0.25, 0.3) is 10.0 Å². The summed E-state index contributed by atoms with van der Waals surface area (Å²) in [5.41, 5.74) is 2.88. The van der Waals surface area contributed by atoms with Crippen LogP contribution in [-0.4, -0.2) is 46.3 Å². The van der Waals surface area contributed by atoms with Gasteiger partial charge in [-0.15, -0.1) is 0 Å². The summed E-state index contributed by atoms with van der Waals surface area (Å²) < 4.78 is 49.6. The predicted octanol–water partition coefficient (Wildman–Crippen LogP) is 5.49. The van der Waals surface area contributed by atoms with Crippen LogP contribution in [0, 0.1) is 6.92 Å². The van der Waals surface area contributed by atoms with Gasteiger partial charge in [-0.25, -0.2) is 17.2 Å². The SMILES string of the molecule is C=C(C(=O)OCC)[C@@H](Nc1cc(OC)c(OC)c(OC)c1)c1ccc2c(ccn2S(=O)(=O)c2ccc(C)cc2)c1. The van der Waals surface area contributed by atoms with E-state index >= 15 is 0 Å². The minimum absolute atomic E-state index is 0.168. The number of aryl methyl sites for hydroxylation is 1.